The van der Waals surface area contributed by atoms with Crippen LogP contribution in [-0.4, -0.2) is 40.7 Å². The number of rotatable bonds is 9. The first kappa shape index (κ1) is 28.5. The Kier molecular flexibility index (Phi) is 8.14. The molecule has 0 spiro atoms. The number of allylic oxidation sites excluding steroid dienone is 1. The van der Waals surface area contributed by atoms with Gasteiger partial charge in [-0.05, 0) is 51.9 Å². The molecule has 1 aliphatic carbocycles. The van der Waals surface area contributed by atoms with Gasteiger partial charge in [-0.1, -0.05) is 99.6 Å². The lowest BCUT2D eigenvalue weighted by atomic mass is 9.69. The zero-order valence-corrected chi connectivity index (χ0v) is 24.8. The number of benzene rings is 3. The van der Waals surface area contributed by atoms with E-state index in [1.165, 1.54) is 35.7 Å². The summed E-state index contributed by atoms with van der Waals surface area (Å²) >= 11 is 0. The standard InChI is InChI=1S/C34H39FO4Si/c1-33(2,3)40(27-12-7-5-8-13-27,28-14-9-6-10-15-28)39-23-29-30(16-11-17-32(36)37-4)34(22-31(29)38-24-34)25-18-20-26(35)21-19-25/h5-15,17-21,29-31H,16,22-24H2,1-4H3/b17-11-/t29-,30-,31-,34-/m0/s1. The average Bonchev–Trinajstić information content (AvgIpc) is 3.52. The van der Waals surface area contributed by atoms with Crippen molar-refractivity contribution in [3.8, 4) is 0 Å². The van der Waals surface area contributed by atoms with E-state index < -0.39 is 8.32 Å². The molecule has 6 heteroatoms. The number of carbonyl (C=O) groups excluding carboxylic acids is 1. The van der Waals surface area contributed by atoms with E-state index in [0.717, 1.165) is 12.0 Å². The van der Waals surface area contributed by atoms with Gasteiger partial charge in [0.05, 0.1) is 19.8 Å². The molecule has 5 rings (SSSR count). The average molecular weight is 559 g/mol. The van der Waals surface area contributed by atoms with Gasteiger partial charge in [0.25, 0.3) is 8.32 Å². The van der Waals surface area contributed by atoms with Gasteiger partial charge in [-0.25, -0.2) is 9.18 Å². The number of halogens is 1. The van der Waals surface area contributed by atoms with Gasteiger partial charge in [0.15, 0.2) is 0 Å². The largest absolute Gasteiger partial charge is 0.466 e. The smallest absolute Gasteiger partial charge is 0.330 e. The lowest BCUT2D eigenvalue weighted by Crippen LogP contribution is -2.67. The first-order chi connectivity index (χ1) is 19.2. The van der Waals surface area contributed by atoms with E-state index in [1.807, 2.05) is 18.2 Å². The highest BCUT2D eigenvalue weighted by Crippen LogP contribution is 2.57. The number of carbonyl (C=O) groups is 1. The molecule has 210 valence electrons. The fraction of sp³-hybridized carbons (Fsp3) is 0.382. The number of hydrogen-bond acceptors (Lipinski definition) is 4. The van der Waals surface area contributed by atoms with E-state index >= 15 is 0 Å². The quantitative estimate of drug-likeness (QED) is 0.189. The molecule has 0 radical (unpaired) electrons. The van der Waals surface area contributed by atoms with Gasteiger partial charge in [0, 0.05) is 24.0 Å². The molecular weight excluding hydrogens is 519 g/mol. The van der Waals surface area contributed by atoms with E-state index in [-0.39, 0.29) is 40.2 Å². The summed E-state index contributed by atoms with van der Waals surface area (Å²) in [5.41, 5.74) is 0.819. The van der Waals surface area contributed by atoms with E-state index in [2.05, 4.69) is 81.4 Å². The predicted molar refractivity (Wildman–Crippen MR) is 159 cm³/mol. The van der Waals surface area contributed by atoms with Crippen molar-refractivity contribution in [1.29, 1.82) is 0 Å². The van der Waals surface area contributed by atoms with Crippen LogP contribution in [0.25, 0.3) is 0 Å². The molecule has 3 aromatic rings. The van der Waals surface area contributed by atoms with Gasteiger partial charge in [0.1, 0.15) is 5.82 Å². The van der Waals surface area contributed by atoms with Gasteiger partial charge in [-0.2, -0.15) is 0 Å². The highest BCUT2D eigenvalue weighted by atomic mass is 28.4. The molecule has 0 unspecified atom stereocenters. The fourth-order valence-corrected chi connectivity index (χ4v) is 11.7. The molecule has 1 aliphatic heterocycles. The Labute approximate surface area is 238 Å². The van der Waals surface area contributed by atoms with Gasteiger partial charge in [-0.3, -0.25) is 0 Å². The first-order valence-electron chi connectivity index (χ1n) is 14.1. The van der Waals surface area contributed by atoms with Crippen LogP contribution in [0.3, 0.4) is 0 Å². The number of esters is 1. The van der Waals surface area contributed by atoms with Crippen molar-refractivity contribution in [1.82, 2.24) is 0 Å². The molecule has 4 atom stereocenters. The Hall–Kier alpha value is -3.06. The van der Waals surface area contributed by atoms with E-state index in [0.29, 0.717) is 19.6 Å². The highest BCUT2D eigenvalue weighted by molar-refractivity contribution is 6.99. The van der Waals surface area contributed by atoms with Crippen molar-refractivity contribution in [3.05, 3.63) is 108 Å². The Morgan fingerprint density at radius 1 is 1.00 bits per heavy atom. The van der Waals surface area contributed by atoms with E-state index in [4.69, 9.17) is 13.9 Å². The van der Waals surface area contributed by atoms with Crippen LogP contribution in [-0.2, 0) is 24.1 Å². The summed E-state index contributed by atoms with van der Waals surface area (Å²) in [5, 5.41) is 2.35. The maximum absolute atomic E-state index is 13.9. The van der Waals surface area contributed by atoms with Gasteiger partial charge in [-0.15, -0.1) is 0 Å². The summed E-state index contributed by atoms with van der Waals surface area (Å²) in [5.74, 6) is -0.337. The second-order valence-electron chi connectivity index (χ2n) is 12.1. The van der Waals surface area contributed by atoms with E-state index in [1.54, 1.807) is 0 Å². The number of methoxy groups -OCH3 is 1. The minimum absolute atomic E-state index is 0.0276. The zero-order chi connectivity index (χ0) is 28.4. The summed E-state index contributed by atoms with van der Waals surface area (Å²) < 4.78 is 32.5. The third kappa shape index (κ3) is 5.09. The van der Waals surface area contributed by atoms with Gasteiger partial charge in [0.2, 0.25) is 0 Å². The van der Waals surface area contributed by atoms with Crippen LogP contribution in [0.1, 0.15) is 39.2 Å². The minimum Gasteiger partial charge on any atom is -0.466 e. The van der Waals surface area contributed by atoms with Crippen LogP contribution in [0.15, 0.2) is 97.1 Å². The van der Waals surface area contributed by atoms with E-state index in [9.17, 15) is 9.18 Å². The summed E-state index contributed by atoms with van der Waals surface area (Å²) in [6.07, 6.45) is 4.98. The van der Waals surface area contributed by atoms with Crippen molar-refractivity contribution in [3.63, 3.8) is 0 Å². The molecule has 4 nitrogen and oxygen atoms in total. The first-order valence-corrected chi connectivity index (χ1v) is 16.0. The summed E-state index contributed by atoms with van der Waals surface area (Å²) in [4.78, 5) is 11.9. The monoisotopic (exact) mass is 558 g/mol. The van der Waals surface area contributed by atoms with Crippen LogP contribution in [0, 0.1) is 17.7 Å². The third-order valence-corrected chi connectivity index (χ3v) is 14.0. The minimum atomic E-state index is -2.74. The third-order valence-electron chi connectivity index (χ3n) is 9.00. The van der Waals surface area contributed by atoms with Gasteiger partial charge >= 0.3 is 5.97 Å². The molecule has 1 heterocycles. The second kappa shape index (κ2) is 11.4. The highest BCUT2D eigenvalue weighted by Gasteiger charge is 2.60. The SMILES string of the molecule is COC(=O)/C=C\C[C@H]1[C@H](CO[Si](c2ccccc2)(c2ccccc2)C(C)(C)C)[C@@H]2C[C@@]1(c1ccc(F)cc1)CO2. The summed E-state index contributed by atoms with van der Waals surface area (Å²) in [6, 6.07) is 28.2. The fourth-order valence-electron chi connectivity index (χ4n) is 7.12. The Balaban J connectivity index is 1.54. The molecule has 2 fully saturated rings. The number of hydrogen-bond donors (Lipinski definition) is 0. The lowest BCUT2D eigenvalue weighted by molar-refractivity contribution is -0.134. The van der Waals surface area contributed by atoms with Crippen molar-refractivity contribution in [2.45, 2.75) is 50.2 Å². The molecule has 1 saturated heterocycles. The Morgan fingerprint density at radius 3 is 2.15 bits per heavy atom. The van der Waals surface area contributed by atoms with Crippen LogP contribution in [0.2, 0.25) is 5.04 Å². The molecule has 2 bridgehead atoms. The van der Waals surface area contributed by atoms with Crippen LogP contribution >= 0.6 is 0 Å². The zero-order valence-electron chi connectivity index (χ0n) is 23.8. The van der Waals surface area contributed by atoms with Crippen LogP contribution in [0.5, 0.6) is 0 Å². The number of fused-ring (bicyclic) bond motifs is 2. The van der Waals surface area contributed by atoms with Crippen LogP contribution < -0.4 is 10.4 Å². The summed E-state index contributed by atoms with van der Waals surface area (Å²) in [6.45, 7) is 7.97. The molecule has 0 amide bonds. The molecule has 0 N–H and O–H groups in total. The van der Waals surface area contributed by atoms with Crippen molar-refractivity contribution in [2.75, 3.05) is 20.3 Å². The van der Waals surface area contributed by atoms with Gasteiger partial charge < -0.3 is 13.9 Å². The molecule has 1 saturated carbocycles. The van der Waals surface area contributed by atoms with Crippen LogP contribution in [0.4, 0.5) is 4.39 Å². The predicted octanol–water partition coefficient (Wildman–Crippen LogP) is 5.79. The van der Waals surface area contributed by atoms with Crippen molar-refractivity contribution in [2.24, 2.45) is 11.8 Å². The van der Waals surface area contributed by atoms with Crippen molar-refractivity contribution >= 4 is 24.7 Å². The maximum atomic E-state index is 13.9. The second-order valence-corrected chi connectivity index (χ2v) is 16.4. The summed E-state index contributed by atoms with van der Waals surface area (Å²) in [7, 11) is -1.35. The number of ether oxygens (including phenoxy) is 2. The lowest BCUT2D eigenvalue weighted by Gasteiger charge is -2.45. The molecule has 3 aromatic carbocycles. The normalized spacial score (nSPS) is 24.5. The Bertz CT molecular complexity index is 1280. The Morgan fingerprint density at radius 2 is 1.60 bits per heavy atom. The van der Waals surface area contributed by atoms with Crippen molar-refractivity contribution < 1.29 is 23.1 Å². The molecule has 2 aliphatic rings. The molecule has 0 aromatic heterocycles. The molecule has 40 heavy (non-hydrogen) atoms. The topological polar surface area (TPSA) is 44.8 Å². The maximum Gasteiger partial charge on any atom is 0.330 e. The molecular formula is C34H39FO4Si.